The Morgan fingerprint density at radius 1 is 1.39 bits per heavy atom. The first-order valence-corrected chi connectivity index (χ1v) is 6.91. The molecule has 0 aliphatic carbocycles. The molecule has 0 radical (unpaired) electrons. The number of nitrogens with one attached hydrogen (secondary N) is 1. The second kappa shape index (κ2) is 6.21. The summed E-state index contributed by atoms with van der Waals surface area (Å²) in [5.41, 5.74) is 2.80. The van der Waals surface area contributed by atoms with Crippen molar-refractivity contribution in [1.82, 2.24) is 10.2 Å². The first-order chi connectivity index (χ1) is 8.70. The van der Waals surface area contributed by atoms with E-state index in [-0.39, 0.29) is 0 Å². The third kappa shape index (κ3) is 3.24. The number of hydrogen-bond acceptors (Lipinski definition) is 3. The molecule has 1 saturated heterocycles. The first-order valence-electron chi connectivity index (χ1n) is 6.91. The smallest absolute Gasteiger partial charge is 0.0396 e. The zero-order valence-corrected chi connectivity index (χ0v) is 11.8. The number of anilines is 1. The summed E-state index contributed by atoms with van der Waals surface area (Å²) >= 11 is 0. The fraction of sp³-hybridized carbons (Fsp3) is 0.600. The topological polar surface area (TPSA) is 18.5 Å². The van der Waals surface area contributed by atoms with Crippen LogP contribution in [-0.4, -0.2) is 51.2 Å². The number of rotatable bonds is 4. The van der Waals surface area contributed by atoms with Crippen LogP contribution >= 0.6 is 0 Å². The van der Waals surface area contributed by atoms with Crippen LogP contribution in [0.15, 0.2) is 24.3 Å². The van der Waals surface area contributed by atoms with Crippen molar-refractivity contribution in [3.63, 3.8) is 0 Å². The van der Waals surface area contributed by atoms with E-state index in [0.717, 1.165) is 32.6 Å². The van der Waals surface area contributed by atoms with Crippen molar-refractivity contribution in [2.45, 2.75) is 19.4 Å². The van der Waals surface area contributed by atoms with Crippen LogP contribution in [-0.2, 0) is 6.42 Å². The van der Waals surface area contributed by atoms with Gasteiger partial charge in [-0.2, -0.15) is 0 Å². The minimum absolute atomic E-state index is 0.568. The van der Waals surface area contributed by atoms with Crippen LogP contribution in [0.5, 0.6) is 0 Å². The molecular formula is C15H25N3. The Kier molecular flexibility index (Phi) is 4.61. The van der Waals surface area contributed by atoms with Crippen LogP contribution in [0.2, 0.25) is 0 Å². The maximum Gasteiger partial charge on any atom is 0.0396 e. The predicted octanol–water partition coefficient (Wildman–Crippen LogP) is 1.59. The highest BCUT2D eigenvalue weighted by Crippen LogP contribution is 2.19. The molecule has 1 heterocycles. The van der Waals surface area contributed by atoms with E-state index in [1.54, 1.807) is 0 Å². The van der Waals surface area contributed by atoms with Gasteiger partial charge in [0.05, 0.1) is 0 Å². The van der Waals surface area contributed by atoms with Crippen molar-refractivity contribution in [3.8, 4) is 0 Å². The lowest BCUT2D eigenvalue weighted by atomic mass is 10.1. The highest BCUT2D eigenvalue weighted by atomic mass is 15.2. The fourth-order valence-electron chi connectivity index (χ4n) is 2.72. The fourth-order valence-corrected chi connectivity index (χ4v) is 2.72. The average Bonchev–Trinajstić information content (AvgIpc) is 2.38. The Hall–Kier alpha value is -1.06. The Morgan fingerprint density at radius 3 is 2.89 bits per heavy atom. The van der Waals surface area contributed by atoms with E-state index in [9.17, 15) is 0 Å². The van der Waals surface area contributed by atoms with Crippen molar-refractivity contribution < 1.29 is 0 Å². The van der Waals surface area contributed by atoms with Crippen LogP contribution < -0.4 is 10.2 Å². The Balaban J connectivity index is 2.00. The molecule has 0 amide bonds. The second-order valence-electron chi connectivity index (χ2n) is 5.28. The van der Waals surface area contributed by atoms with Crippen LogP contribution in [0.1, 0.15) is 12.5 Å². The van der Waals surface area contributed by atoms with Gasteiger partial charge >= 0.3 is 0 Å². The molecule has 0 saturated carbocycles. The van der Waals surface area contributed by atoms with Gasteiger partial charge in [-0.05, 0) is 25.1 Å². The van der Waals surface area contributed by atoms with Gasteiger partial charge < -0.3 is 15.1 Å². The summed E-state index contributed by atoms with van der Waals surface area (Å²) in [6, 6.07) is 9.28. The molecule has 100 valence electrons. The normalized spacial score (nSPS) is 20.9. The average molecular weight is 247 g/mol. The number of nitrogens with zero attached hydrogens (tertiary/aromatic N) is 2. The highest BCUT2D eigenvalue weighted by molar-refractivity contribution is 5.53. The van der Waals surface area contributed by atoms with Gasteiger partial charge in [0, 0.05) is 45.0 Å². The molecule has 3 nitrogen and oxygen atoms in total. The summed E-state index contributed by atoms with van der Waals surface area (Å²) in [7, 11) is 4.40. The van der Waals surface area contributed by atoms with Crippen molar-refractivity contribution in [3.05, 3.63) is 29.8 Å². The van der Waals surface area contributed by atoms with Gasteiger partial charge in [-0.25, -0.2) is 0 Å². The van der Waals surface area contributed by atoms with Gasteiger partial charge in [0.15, 0.2) is 0 Å². The maximum atomic E-state index is 3.60. The van der Waals surface area contributed by atoms with Crippen LogP contribution in [0, 0.1) is 0 Å². The van der Waals surface area contributed by atoms with E-state index < -0.39 is 0 Å². The number of para-hydroxylation sites is 1. The minimum Gasteiger partial charge on any atom is -0.373 e. The van der Waals surface area contributed by atoms with E-state index >= 15 is 0 Å². The van der Waals surface area contributed by atoms with E-state index in [2.05, 4.69) is 60.4 Å². The summed E-state index contributed by atoms with van der Waals surface area (Å²) in [5.74, 6) is 0. The third-order valence-electron chi connectivity index (χ3n) is 3.74. The number of likely N-dealkylation sites (N-methyl/N-ethyl adjacent to an activating group) is 2. The van der Waals surface area contributed by atoms with E-state index in [1.807, 2.05) is 0 Å². The van der Waals surface area contributed by atoms with Crippen molar-refractivity contribution >= 4 is 5.69 Å². The molecule has 18 heavy (non-hydrogen) atoms. The number of aryl methyl sites for hydroxylation is 1. The highest BCUT2D eigenvalue weighted by Gasteiger charge is 2.18. The Bertz CT molecular complexity index is 378. The third-order valence-corrected chi connectivity index (χ3v) is 3.74. The molecule has 0 spiro atoms. The van der Waals surface area contributed by atoms with Crippen LogP contribution in [0.3, 0.4) is 0 Å². The number of benzene rings is 1. The lowest BCUT2D eigenvalue weighted by molar-refractivity contribution is 0.241. The largest absolute Gasteiger partial charge is 0.373 e. The van der Waals surface area contributed by atoms with E-state index in [4.69, 9.17) is 0 Å². The molecule has 1 aromatic carbocycles. The first kappa shape index (κ1) is 13.4. The Labute approximate surface area is 111 Å². The summed E-state index contributed by atoms with van der Waals surface area (Å²) in [4.78, 5) is 4.79. The molecule has 1 aliphatic rings. The molecule has 1 unspecified atom stereocenters. The SMILES string of the molecule is CCc1ccccc1N(C)CC1CN(C)CCN1. The molecule has 1 N–H and O–H groups in total. The summed E-state index contributed by atoms with van der Waals surface area (Å²) in [6.45, 7) is 6.69. The van der Waals surface area contributed by atoms with Gasteiger partial charge in [0.1, 0.15) is 0 Å². The summed E-state index contributed by atoms with van der Waals surface area (Å²) in [5, 5.41) is 3.60. The Morgan fingerprint density at radius 2 is 2.17 bits per heavy atom. The van der Waals surface area contributed by atoms with Crippen LogP contribution in [0.25, 0.3) is 0 Å². The zero-order chi connectivity index (χ0) is 13.0. The summed E-state index contributed by atoms with van der Waals surface area (Å²) < 4.78 is 0. The lowest BCUT2D eigenvalue weighted by Crippen LogP contribution is -2.53. The monoisotopic (exact) mass is 247 g/mol. The van der Waals surface area contributed by atoms with E-state index in [1.165, 1.54) is 11.3 Å². The molecule has 2 rings (SSSR count). The van der Waals surface area contributed by atoms with Crippen molar-refractivity contribution in [2.75, 3.05) is 45.2 Å². The molecule has 1 fully saturated rings. The predicted molar refractivity (Wildman–Crippen MR) is 78.4 cm³/mol. The molecule has 1 aliphatic heterocycles. The van der Waals surface area contributed by atoms with Crippen LogP contribution in [0.4, 0.5) is 5.69 Å². The lowest BCUT2D eigenvalue weighted by Gasteiger charge is -2.34. The quantitative estimate of drug-likeness (QED) is 0.871. The maximum absolute atomic E-state index is 3.60. The van der Waals surface area contributed by atoms with Gasteiger partial charge in [0.2, 0.25) is 0 Å². The molecular weight excluding hydrogens is 222 g/mol. The summed E-state index contributed by atoms with van der Waals surface area (Å²) in [6.07, 6.45) is 1.10. The number of piperazine rings is 1. The molecule has 1 atom stereocenters. The van der Waals surface area contributed by atoms with Gasteiger partial charge in [0.25, 0.3) is 0 Å². The molecule has 0 aromatic heterocycles. The number of hydrogen-bond donors (Lipinski definition) is 1. The van der Waals surface area contributed by atoms with Crippen molar-refractivity contribution in [1.29, 1.82) is 0 Å². The second-order valence-corrected chi connectivity index (χ2v) is 5.28. The van der Waals surface area contributed by atoms with Gasteiger partial charge in [-0.3, -0.25) is 0 Å². The molecule has 0 bridgehead atoms. The van der Waals surface area contributed by atoms with Crippen molar-refractivity contribution in [2.24, 2.45) is 0 Å². The van der Waals surface area contributed by atoms with E-state index in [0.29, 0.717) is 6.04 Å². The standard InChI is InChI=1S/C15H25N3/c1-4-13-7-5-6-8-15(13)18(3)12-14-11-17(2)10-9-16-14/h5-8,14,16H,4,9-12H2,1-3H3. The molecule has 3 heteroatoms. The van der Waals surface area contributed by atoms with Gasteiger partial charge in [-0.15, -0.1) is 0 Å². The van der Waals surface area contributed by atoms with Gasteiger partial charge in [-0.1, -0.05) is 25.1 Å². The molecule has 1 aromatic rings. The minimum atomic E-state index is 0.568. The zero-order valence-electron chi connectivity index (χ0n) is 11.8.